The summed E-state index contributed by atoms with van der Waals surface area (Å²) in [5.74, 6) is 1.26. The average molecular weight is 429 g/mol. The Bertz CT molecular complexity index is 897. The monoisotopic (exact) mass is 428 g/mol. The van der Waals surface area contributed by atoms with E-state index >= 15 is 0 Å². The number of carbonyl (C=O) groups is 1. The third-order valence-electron chi connectivity index (χ3n) is 5.84. The van der Waals surface area contributed by atoms with Gasteiger partial charge in [0, 0.05) is 49.4 Å². The van der Waals surface area contributed by atoms with Crippen LogP contribution >= 0.6 is 11.6 Å². The van der Waals surface area contributed by atoms with Crippen LogP contribution in [0.1, 0.15) is 30.4 Å². The quantitative estimate of drug-likeness (QED) is 0.677. The molecule has 30 heavy (non-hydrogen) atoms. The number of nitrogens with one attached hydrogen (secondary N) is 1. The molecular formula is C23H29ClN4O2. The summed E-state index contributed by atoms with van der Waals surface area (Å²) in [5, 5.41) is 3.62. The zero-order valence-electron chi connectivity index (χ0n) is 17.5. The van der Waals surface area contributed by atoms with Crippen LogP contribution in [-0.4, -0.2) is 55.1 Å². The molecule has 1 aromatic heterocycles. The number of aryl methyl sites for hydroxylation is 2. The first-order valence-corrected chi connectivity index (χ1v) is 11.1. The van der Waals surface area contributed by atoms with Crippen LogP contribution in [0, 0.1) is 6.92 Å². The highest BCUT2D eigenvalue weighted by Gasteiger charge is 2.19. The number of carbonyl (C=O) groups excluding carboxylic acids is 1. The van der Waals surface area contributed by atoms with Gasteiger partial charge < -0.3 is 15.0 Å². The first-order chi connectivity index (χ1) is 14.6. The zero-order valence-corrected chi connectivity index (χ0v) is 18.2. The average Bonchev–Trinajstić information content (AvgIpc) is 2.75. The summed E-state index contributed by atoms with van der Waals surface area (Å²) in [6.45, 7) is 8.06. The van der Waals surface area contributed by atoms with Crippen LogP contribution in [0.5, 0.6) is 5.88 Å². The number of hydrogen-bond acceptors (Lipinski definition) is 5. The number of rotatable bonds is 7. The van der Waals surface area contributed by atoms with E-state index in [9.17, 15) is 4.79 Å². The Balaban J connectivity index is 1.15. The van der Waals surface area contributed by atoms with Gasteiger partial charge in [-0.15, -0.1) is 0 Å². The standard InChI is InChI=1S/C23H29ClN4O2/c1-17-4-7-19(24)16-20(17)28-13-11-27(12-14-28)10-2-3-15-30-22-9-6-18-5-8-21(29)25-23(18)26-22/h4,6-7,9,16H,2-3,5,8,10-15H2,1H3,(H,25,26,29). The number of aromatic nitrogens is 1. The summed E-state index contributed by atoms with van der Waals surface area (Å²) in [4.78, 5) is 20.9. The van der Waals surface area contributed by atoms with Gasteiger partial charge in [-0.25, -0.2) is 0 Å². The van der Waals surface area contributed by atoms with Crippen molar-refractivity contribution in [1.29, 1.82) is 0 Å². The van der Waals surface area contributed by atoms with Crippen LogP contribution in [0.2, 0.25) is 5.02 Å². The second-order valence-electron chi connectivity index (χ2n) is 8.02. The van der Waals surface area contributed by atoms with Crippen molar-refractivity contribution < 1.29 is 9.53 Å². The van der Waals surface area contributed by atoms with Crippen LogP contribution in [0.15, 0.2) is 30.3 Å². The molecule has 1 fully saturated rings. The van der Waals surface area contributed by atoms with Crippen LogP contribution in [0.4, 0.5) is 11.5 Å². The maximum atomic E-state index is 11.5. The Morgan fingerprint density at radius 3 is 2.77 bits per heavy atom. The van der Waals surface area contributed by atoms with Crippen molar-refractivity contribution in [2.45, 2.75) is 32.6 Å². The van der Waals surface area contributed by atoms with E-state index in [1.165, 1.54) is 11.3 Å². The molecule has 2 aromatic rings. The molecule has 3 heterocycles. The van der Waals surface area contributed by atoms with Crippen molar-refractivity contribution in [2.24, 2.45) is 0 Å². The summed E-state index contributed by atoms with van der Waals surface area (Å²) >= 11 is 6.18. The molecule has 0 aliphatic carbocycles. The summed E-state index contributed by atoms with van der Waals surface area (Å²) in [7, 11) is 0. The number of ether oxygens (including phenoxy) is 1. The predicted molar refractivity (Wildman–Crippen MR) is 121 cm³/mol. The highest BCUT2D eigenvalue weighted by molar-refractivity contribution is 6.30. The number of halogens is 1. The van der Waals surface area contributed by atoms with Crippen LogP contribution in [0.25, 0.3) is 0 Å². The van der Waals surface area contributed by atoms with Gasteiger partial charge in [-0.05, 0) is 62.1 Å². The molecule has 6 nitrogen and oxygen atoms in total. The lowest BCUT2D eigenvalue weighted by Gasteiger charge is -2.37. The van der Waals surface area contributed by atoms with Gasteiger partial charge in [0.15, 0.2) is 0 Å². The van der Waals surface area contributed by atoms with Gasteiger partial charge in [0.05, 0.1) is 6.61 Å². The van der Waals surface area contributed by atoms with Crippen molar-refractivity contribution >= 4 is 29.0 Å². The van der Waals surface area contributed by atoms with Crippen LogP contribution in [0.3, 0.4) is 0 Å². The van der Waals surface area contributed by atoms with Crippen molar-refractivity contribution in [1.82, 2.24) is 9.88 Å². The number of piperazine rings is 1. The predicted octanol–water partition coefficient (Wildman–Crippen LogP) is 3.91. The zero-order chi connectivity index (χ0) is 20.9. The second kappa shape index (κ2) is 9.67. The lowest BCUT2D eigenvalue weighted by atomic mass is 10.1. The summed E-state index contributed by atoms with van der Waals surface area (Å²) in [6.07, 6.45) is 3.36. The van der Waals surface area contributed by atoms with Gasteiger partial charge in [0.25, 0.3) is 0 Å². The number of hydrogen-bond donors (Lipinski definition) is 1. The van der Waals surface area contributed by atoms with Gasteiger partial charge in [-0.2, -0.15) is 4.98 Å². The number of fused-ring (bicyclic) bond motifs is 1. The summed E-state index contributed by atoms with van der Waals surface area (Å²) in [5.41, 5.74) is 3.61. The highest BCUT2D eigenvalue weighted by atomic mass is 35.5. The first-order valence-electron chi connectivity index (χ1n) is 10.7. The molecule has 4 rings (SSSR count). The number of benzene rings is 1. The molecule has 0 unspecified atom stereocenters. The fourth-order valence-corrected chi connectivity index (χ4v) is 4.22. The van der Waals surface area contributed by atoms with Gasteiger partial charge in [0.2, 0.25) is 11.8 Å². The fourth-order valence-electron chi connectivity index (χ4n) is 4.05. The van der Waals surface area contributed by atoms with Crippen molar-refractivity contribution in [3.63, 3.8) is 0 Å². The molecule has 2 aliphatic rings. The maximum absolute atomic E-state index is 11.5. The van der Waals surface area contributed by atoms with Crippen LogP contribution in [-0.2, 0) is 11.2 Å². The van der Waals surface area contributed by atoms with E-state index in [0.717, 1.165) is 62.6 Å². The van der Waals surface area contributed by atoms with E-state index < -0.39 is 0 Å². The number of pyridine rings is 1. The SMILES string of the molecule is Cc1ccc(Cl)cc1N1CCN(CCCCOc2ccc3c(n2)NC(=O)CC3)CC1. The Labute approximate surface area is 183 Å². The highest BCUT2D eigenvalue weighted by Crippen LogP contribution is 2.26. The number of unbranched alkanes of at least 4 members (excludes halogenated alkanes) is 1. The van der Waals surface area contributed by atoms with E-state index in [-0.39, 0.29) is 5.91 Å². The fraction of sp³-hybridized carbons (Fsp3) is 0.478. The lowest BCUT2D eigenvalue weighted by molar-refractivity contribution is -0.116. The minimum absolute atomic E-state index is 0.0257. The minimum atomic E-state index is 0.0257. The molecule has 0 atom stereocenters. The van der Waals surface area contributed by atoms with Crippen LogP contribution < -0.4 is 15.0 Å². The van der Waals surface area contributed by atoms with Crippen molar-refractivity contribution in [3.8, 4) is 5.88 Å². The summed E-state index contributed by atoms with van der Waals surface area (Å²) < 4.78 is 5.79. The molecule has 160 valence electrons. The molecule has 1 saturated heterocycles. The maximum Gasteiger partial charge on any atom is 0.225 e. The Kier molecular flexibility index (Phi) is 6.75. The van der Waals surface area contributed by atoms with E-state index in [1.807, 2.05) is 18.2 Å². The smallest absolute Gasteiger partial charge is 0.225 e. The number of nitrogens with zero attached hydrogens (tertiary/aromatic N) is 3. The van der Waals surface area contributed by atoms with Gasteiger partial charge in [0.1, 0.15) is 5.82 Å². The van der Waals surface area contributed by atoms with E-state index in [1.54, 1.807) is 0 Å². The number of anilines is 2. The lowest BCUT2D eigenvalue weighted by Crippen LogP contribution is -2.46. The molecule has 1 N–H and O–H groups in total. The first kappa shape index (κ1) is 20.9. The molecule has 0 saturated carbocycles. The van der Waals surface area contributed by atoms with Crippen molar-refractivity contribution in [3.05, 3.63) is 46.5 Å². The third kappa shape index (κ3) is 5.24. The number of amides is 1. The van der Waals surface area contributed by atoms with Gasteiger partial charge in [-0.3, -0.25) is 9.69 Å². The summed E-state index contributed by atoms with van der Waals surface area (Å²) in [6, 6.07) is 10.0. The van der Waals surface area contributed by atoms with Gasteiger partial charge >= 0.3 is 0 Å². The largest absolute Gasteiger partial charge is 0.478 e. The molecule has 0 bridgehead atoms. The Morgan fingerprint density at radius 2 is 1.93 bits per heavy atom. The normalized spacial score (nSPS) is 16.9. The van der Waals surface area contributed by atoms with Gasteiger partial charge in [-0.1, -0.05) is 17.7 Å². The third-order valence-corrected chi connectivity index (χ3v) is 6.07. The topological polar surface area (TPSA) is 57.7 Å². The Morgan fingerprint density at radius 1 is 1.10 bits per heavy atom. The molecule has 2 aliphatic heterocycles. The molecule has 1 aromatic carbocycles. The molecule has 0 radical (unpaired) electrons. The molecular weight excluding hydrogens is 400 g/mol. The Hall–Kier alpha value is -2.31. The van der Waals surface area contributed by atoms with E-state index in [2.05, 4.69) is 39.2 Å². The van der Waals surface area contributed by atoms with E-state index in [4.69, 9.17) is 16.3 Å². The van der Waals surface area contributed by atoms with E-state index in [0.29, 0.717) is 24.7 Å². The molecule has 0 spiro atoms. The minimum Gasteiger partial charge on any atom is -0.478 e. The molecule has 7 heteroatoms. The molecule has 1 amide bonds. The van der Waals surface area contributed by atoms with Crippen molar-refractivity contribution in [2.75, 3.05) is 49.5 Å². The second-order valence-corrected chi connectivity index (χ2v) is 8.46.